The Balaban J connectivity index is 2.10. The summed E-state index contributed by atoms with van der Waals surface area (Å²) in [6.07, 6.45) is 0. The smallest absolute Gasteiger partial charge is 0.232 e. The van der Waals surface area contributed by atoms with Gasteiger partial charge in [-0.2, -0.15) is 15.0 Å². The van der Waals surface area contributed by atoms with Crippen LogP contribution < -0.4 is 16.0 Å². The second-order valence-electron chi connectivity index (χ2n) is 5.08. The molecule has 1 aromatic rings. The molecule has 1 saturated heterocycles. The molecule has 0 unspecified atom stereocenters. The highest BCUT2D eigenvalue weighted by Crippen LogP contribution is 2.14. The third-order valence-corrected chi connectivity index (χ3v) is 2.61. The van der Waals surface area contributed by atoms with Gasteiger partial charge in [-0.25, -0.2) is 0 Å². The number of anilines is 3. The van der Waals surface area contributed by atoms with E-state index in [1.165, 1.54) is 0 Å². The first kappa shape index (κ1) is 13.8. The number of morpholine rings is 1. The molecular formula is C11H20N6O2. The molecule has 106 valence electrons. The summed E-state index contributed by atoms with van der Waals surface area (Å²) in [5.41, 5.74) is 4.84. The summed E-state index contributed by atoms with van der Waals surface area (Å²) < 4.78 is 5.28. The number of nitrogen functional groups attached to an aromatic ring is 1. The summed E-state index contributed by atoms with van der Waals surface area (Å²) in [5.74, 6) is 1.07. The average molecular weight is 268 g/mol. The van der Waals surface area contributed by atoms with Gasteiger partial charge in [0.2, 0.25) is 17.8 Å². The second-order valence-corrected chi connectivity index (χ2v) is 5.08. The van der Waals surface area contributed by atoms with Crippen molar-refractivity contribution in [3.05, 3.63) is 0 Å². The minimum absolute atomic E-state index is 0.162. The number of nitrogens with two attached hydrogens (primary N) is 1. The Kier molecular flexibility index (Phi) is 4.01. The number of hydrogen-bond acceptors (Lipinski definition) is 8. The van der Waals surface area contributed by atoms with Crippen LogP contribution in [0.3, 0.4) is 0 Å². The van der Waals surface area contributed by atoms with E-state index in [-0.39, 0.29) is 5.95 Å². The Morgan fingerprint density at radius 2 is 2.00 bits per heavy atom. The van der Waals surface area contributed by atoms with Gasteiger partial charge in [-0.05, 0) is 13.8 Å². The first-order valence-corrected chi connectivity index (χ1v) is 6.24. The molecule has 2 rings (SSSR count). The van der Waals surface area contributed by atoms with Crippen molar-refractivity contribution < 1.29 is 9.84 Å². The molecule has 8 heteroatoms. The fraction of sp³-hybridized carbons (Fsp3) is 0.727. The van der Waals surface area contributed by atoms with Gasteiger partial charge < -0.3 is 25.8 Å². The van der Waals surface area contributed by atoms with Crippen molar-refractivity contribution in [1.29, 1.82) is 0 Å². The third kappa shape index (κ3) is 4.18. The Morgan fingerprint density at radius 3 is 2.63 bits per heavy atom. The normalized spacial score (nSPS) is 16.5. The van der Waals surface area contributed by atoms with Gasteiger partial charge in [-0.15, -0.1) is 0 Å². The standard InChI is InChI=1S/C11H20N6O2/c1-11(2,18)7-13-9-14-8(12)15-10(16-9)17-3-5-19-6-4-17/h18H,3-7H2,1-2H3,(H3,12,13,14,15,16). The number of ether oxygens (including phenoxy) is 1. The molecule has 0 aliphatic carbocycles. The van der Waals surface area contributed by atoms with E-state index < -0.39 is 5.60 Å². The van der Waals surface area contributed by atoms with Gasteiger partial charge in [0, 0.05) is 19.6 Å². The van der Waals surface area contributed by atoms with Crippen LogP contribution >= 0.6 is 0 Å². The molecule has 4 N–H and O–H groups in total. The van der Waals surface area contributed by atoms with Crippen molar-refractivity contribution in [3.63, 3.8) is 0 Å². The Morgan fingerprint density at radius 1 is 1.32 bits per heavy atom. The predicted octanol–water partition coefficient (Wildman–Crippen LogP) is -0.527. The van der Waals surface area contributed by atoms with Crippen molar-refractivity contribution in [2.45, 2.75) is 19.4 Å². The highest BCUT2D eigenvalue weighted by atomic mass is 16.5. The molecule has 8 nitrogen and oxygen atoms in total. The lowest BCUT2D eigenvalue weighted by Gasteiger charge is -2.27. The van der Waals surface area contributed by atoms with E-state index in [2.05, 4.69) is 20.3 Å². The van der Waals surface area contributed by atoms with Crippen LogP contribution in [0.2, 0.25) is 0 Å². The van der Waals surface area contributed by atoms with Gasteiger partial charge in [0.1, 0.15) is 0 Å². The van der Waals surface area contributed by atoms with Crippen molar-refractivity contribution in [2.75, 3.05) is 48.8 Å². The van der Waals surface area contributed by atoms with Crippen LogP contribution in [0.5, 0.6) is 0 Å². The van der Waals surface area contributed by atoms with Crippen LogP contribution in [0.15, 0.2) is 0 Å². The third-order valence-electron chi connectivity index (χ3n) is 2.61. The van der Waals surface area contributed by atoms with E-state index in [1.54, 1.807) is 13.8 Å². The molecule has 0 saturated carbocycles. The summed E-state index contributed by atoms with van der Waals surface area (Å²) >= 11 is 0. The van der Waals surface area contributed by atoms with Gasteiger partial charge in [-0.1, -0.05) is 0 Å². The Bertz CT molecular complexity index is 428. The van der Waals surface area contributed by atoms with Crippen LogP contribution in [0, 0.1) is 0 Å². The molecule has 19 heavy (non-hydrogen) atoms. The van der Waals surface area contributed by atoms with Crippen molar-refractivity contribution >= 4 is 17.8 Å². The zero-order valence-corrected chi connectivity index (χ0v) is 11.3. The maximum Gasteiger partial charge on any atom is 0.232 e. The quantitative estimate of drug-likeness (QED) is 0.669. The summed E-state index contributed by atoms with van der Waals surface area (Å²) in [6.45, 7) is 6.50. The van der Waals surface area contributed by atoms with Crippen molar-refractivity contribution in [3.8, 4) is 0 Å². The fourth-order valence-electron chi connectivity index (χ4n) is 1.66. The van der Waals surface area contributed by atoms with Gasteiger partial charge >= 0.3 is 0 Å². The molecule has 1 aliphatic rings. The second kappa shape index (κ2) is 5.54. The number of hydrogen-bond donors (Lipinski definition) is 3. The Labute approximate surface area is 112 Å². The molecule has 0 atom stereocenters. The first-order valence-electron chi connectivity index (χ1n) is 6.24. The lowest BCUT2D eigenvalue weighted by molar-refractivity contribution is 0.0943. The number of nitrogens with one attached hydrogen (secondary N) is 1. The summed E-state index contributed by atoms with van der Waals surface area (Å²) in [7, 11) is 0. The number of nitrogens with zero attached hydrogens (tertiary/aromatic N) is 4. The van der Waals surface area contributed by atoms with E-state index in [4.69, 9.17) is 10.5 Å². The number of aliphatic hydroxyl groups is 1. The maximum absolute atomic E-state index is 9.67. The number of aromatic nitrogens is 3. The van der Waals surface area contributed by atoms with E-state index >= 15 is 0 Å². The minimum Gasteiger partial charge on any atom is -0.389 e. The average Bonchev–Trinajstić information content (AvgIpc) is 2.36. The molecule has 0 amide bonds. The van der Waals surface area contributed by atoms with E-state index in [1.807, 2.05) is 4.90 Å². The van der Waals surface area contributed by atoms with Gasteiger partial charge in [-0.3, -0.25) is 0 Å². The fourth-order valence-corrected chi connectivity index (χ4v) is 1.66. The van der Waals surface area contributed by atoms with Gasteiger partial charge in [0.05, 0.1) is 18.8 Å². The lowest BCUT2D eigenvalue weighted by atomic mass is 10.1. The highest BCUT2D eigenvalue weighted by Gasteiger charge is 2.17. The molecule has 0 bridgehead atoms. The monoisotopic (exact) mass is 268 g/mol. The van der Waals surface area contributed by atoms with Crippen LogP contribution in [-0.2, 0) is 4.74 Å². The molecule has 1 fully saturated rings. The lowest BCUT2D eigenvalue weighted by Crippen LogP contribution is -2.38. The predicted molar refractivity (Wildman–Crippen MR) is 72.1 cm³/mol. The van der Waals surface area contributed by atoms with Gasteiger partial charge in [0.15, 0.2) is 0 Å². The molecule has 2 heterocycles. The minimum atomic E-state index is -0.847. The summed E-state index contributed by atoms with van der Waals surface area (Å²) in [6, 6.07) is 0. The topological polar surface area (TPSA) is 109 Å². The Hall–Kier alpha value is -1.67. The van der Waals surface area contributed by atoms with Crippen LogP contribution in [-0.4, -0.2) is 58.5 Å². The number of rotatable bonds is 4. The molecule has 0 aromatic carbocycles. The van der Waals surface area contributed by atoms with E-state index in [0.717, 1.165) is 13.1 Å². The largest absolute Gasteiger partial charge is 0.389 e. The van der Waals surface area contributed by atoms with E-state index in [9.17, 15) is 5.11 Å². The van der Waals surface area contributed by atoms with Gasteiger partial charge in [0.25, 0.3) is 0 Å². The zero-order valence-electron chi connectivity index (χ0n) is 11.3. The van der Waals surface area contributed by atoms with E-state index in [0.29, 0.717) is 31.7 Å². The molecule has 1 aromatic heterocycles. The van der Waals surface area contributed by atoms with Crippen LogP contribution in [0.1, 0.15) is 13.8 Å². The summed E-state index contributed by atoms with van der Waals surface area (Å²) in [5, 5.41) is 12.6. The molecular weight excluding hydrogens is 248 g/mol. The maximum atomic E-state index is 9.67. The molecule has 0 radical (unpaired) electrons. The highest BCUT2D eigenvalue weighted by molar-refractivity contribution is 5.42. The molecule has 0 spiro atoms. The first-order chi connectivity index (χ1) is 8.94. The van der Waals surface area contributed by atoms with Crippen LogP contribution in [0.25, 0.3) is 0 Å². The van der Waals surface area contributed by atoms with Crippen LogP contribution in [0.4, 0.5) is 17.8 Å². The van der Waals surface area contributed by atoms with Crippen molar-refractivity contribution in [1.82, 2.24) is 15.0 Å². The molecule has 1 aliphatic heterocycles. The zero-order chi connectivity index (χ0) is 13.9. The SMILES string of the molecule is CC(C)(O)CNc1nc(N)nc(N2CCOCC2)n1. The summed E-state index contributed by atoms with van der Waals surface area (Å²) in [4.78, 5) is 14.4. The van der Waals surface area contributed by atoms with Crippen molar-refractivity contribution in [2.24, 2.45) is 0 Å².